The van der Waals surface area contributed by atoms with Gasteiger partial charge >= 0.3 is 0 Å². The summed E-state index contributed by atoms with van der Waals surface area (Å²) in [5.74, 6) is 0.339. The number of benzene rings is 3. The summed E-state index contributed by atoms with van der Waals surface area (Å²) >= 11 is 0.875. The van der Waals surface area contributed by atoms with Crippen LogP contribution in [0.15, 0.2) is 83.8 Å². The van der Waals surface area contributed by atoms with Gasteiger partial charge in [0.05, 0.1) is 16.4 Å². The topological polar surface area (TPSA) is 89.8 Å². The number of thioether (sulfide) groups is 1. The van der Waals surface area contributed by atoms with E-state index >= 15 is 0 Å². The highest BCUT2D eigenvalue weighted by Gasteiger charge is 2.34. The second-order valence-corrected chi connectivity index (χ2v) is 7.88. The maximum atomic E-state index is 12.6. The highest BCUT2D eigenvalue weighted by atomic mass is 32.2. The van der Waals surface area contributed by atoms with Gasteiger partial charge in [-0.15, -0.1) is 0 Å². The third kappa shape index (κ3) is 4.70. The quantitative estimate of drug-likeness (QED) is 0.273. The number of carbonyl (C=O) groups excluding carboxylic acids is 2. The molecule has 3 aromatic carbocycles. The Morgan fingerprint density at radius 3 is 2.53 bits per heavy atom. The lowest BCUT2D eigenvalue weighted by Crippen LogP contribution is -2.32. The van der Waals surface area contributed by atoms with Crippen LogP contribution in [-0.2, 0) is 4.79 Å². The SMILES string of the molecule is O=C1S/C(=C\C=C\c2ccc([N+](=O)[O-])cc2)C(=O)N1CCOc1cccc2ccccc12. The van der Waals surface area contributed by atoms with Crippen molar-refractivity contribution in [1.82, 2.24) is 4.90 Å². The zero-order valence-electron chi connectivity index (χ0n) is 16.8. The molecule has 0 spiro atoms. The van der Waals surface area contributed by atoms with Crippen molar-refractivity contribution in [2.75, 3.05) is 13.2 Å². The van der Waals surface area contributed by atoms with Gasteiger partial charge in [0.2, 0.25) is 0 Å². The molecular formula is C24H18N2O5S. The average molecular weight is 446 g/mol. The molecule has 1 aliphatic rings. The molecule has 1 heterocycles. The smallest absolute Gasteiger partial charge is 0.293 e. The Morgan fingerprint density at radius 1 is 1.00 bits per heavy atom. The second-order valence-electron chi connectivity index (χ2n) is 6.89. The summed E-state index contributed by atoms with van der Waals surface area (Å²) in [5, 5.41) is 12.4. The number of imide groups is 1. The minimum atomic E-state index is -0.465. The van der Waals surface area contributed by atoms with Crippen LogP contribution in [0.4, 0.5) is 10.5 Å². The predicted molar refractivity (Wildman–Crippen MR) is 124 cm³/mol. The number of ether oxygens (including phenoxy) is 1. The highest BCUT2D eigenvalue weighted by molar-refractivity contribution is 8.18. The monoisotopic (exact) mass is 446 g/mol. The molecule has 0 saturated carbocycles. The number of amides is 2. The fourth-order valence-corrected chi connectivity index (χ4v) is 4.05. The minimum absolute atomic E-state index is 0.00832. The van der Waals surface area contributed by atoms with E-state index in [2.05, 4.69) is 0 Å². The van der Waals surface area contributed by atoms with Crippen molar-refractivity contribution in [1.29, 1.82) is 0 Å². The Morgan fingerprint density at radius 2 is 1.75 bits per heavy atom. The lowest BCUT2D eigenvalue weighted by Gasteiger charge is -2.14. The Balaban J connectivity index is 1.36. The summed E-state index contributed by atoms with van der Waals surface area (Å²) in [6, 6.07) is 19.6. The average Bonchev–Trinajstić information content (AvgIpc) is 3.07. The number of non-ortho nitro benzene ring substituents is 1. The first kappa shape index (κ1) is 21.3. The number of allylic oxidation sites excluding steroid dienone is 2. The molecule has 4 rings (SSSR count). The third-order valence-electron chi connectivity index (χ3n) is 4.84. The van der Waals surface area contributed by atoms with Crippen LogP contribution in [0.25, 0.3) is 16.8 Å². The number of nitro benzene ring substituents is 1. The lowest BCUT2D eigenvalue weighted by atomic mass is 10.1. The van der Waals surface area contributed by atoms with Crippen LogP contribution in [0, 0.1) is 10.1 Å². The van der Waals surface area contributed by atoms with Crippen LogP contribution in [0.5, 0.6) is 5.75 Å². The Kier molecular flexibility index (Phi) is 6.32. The van der Waals surface area contributed by atoms with Gasteiger partial charge in [0.15, 0.2) is 0 Å². The molecule has 32 heavy (non-hydrogen) atoms. The molecular weight excluding hydrogens is 428 g/mol. The molecule has 8 heteroatoms. The number of nitro groups is 1. The first-order valence-electron chi connectivity index (χ1n) is 9.80. The van der Waals surface area contributed by atoms with Gasteiger partial charge in [-0.3, -0.25) is 24.6 Å². The number of carbonyl (C=O) groups is 2. The van der Waals surface area contributed by atoms with Gasteiger partial charge in [0, 0.05) is 17.5 Å². The summed E-state index contributed by atoms with van der Waals surface area (Å²) < 4.78 is 5.84. The van der Waals surface area contributed by atoms with E-state index in [9.17, 15) is 19.7 Å². The van der Waals surface area contributed by atoms with Crippen LogP contribution < -0.4 is 4.74 Å². The van der Waals surface area contributed by atoms with E-state index in [1.165, 1.54) is 17.0 Å². The van der Waals surface area contributed by atoms with Crippen LogP contribution in [0.1, 0.15) is 5.56 Å². The van der Waals surface area contributed by atoms with E-state index < -0.39 is 4.92 Å². The molecule has 0 N–H and O–H groups in total. The van der Waals surface area contributed by atoms with E-state index in [-0.39, 0.29) is 30.0 Å². The van der Waals surface area contributed by atoms with Crippen molar-refractivity contribution in [3.8, 4) is 5.75 Å². The van der Waals surface area contributed by atoms with Crippen molar-refractivity contribution >= 4 is 45.4 Å². The normalized spacial score (nSPS) is 15.2. The molecule has 1 saturated heterocycles. The maximum Gasteiger partial charge on any atom is 0.293 e. The molecule has 0 aromatic heterocycles. The van der Waals surface area contributed by atoms with Gasteiger partial charge in [-0.2, -0.15) is 0 Å². The molecule has 0 atom stereocenters. The second kappa shape index (κ2) is 9.49. The Bertz CT molecular complexity index is 1250. The zero-order chi connectivity index (χ0) is 22.5. The number of nitrogens with zero attached hydrogens (tertiary/aromatic N) is 2. The largest absolute Gasteiger partial charge is 0.491 e. The lowest BCUT2D eigenvalue weighted by molar-refractivity contribution is -0.384. The van der Waals surface area contributed by atoms with Gasteiger partial charge in [-0.05, 0) is 47.0 Å². The van der Waals surface area contributed by atoms with Crippen LogP contribution in [0.2, 0.25) is 0 Å². The van der Waals surface area contributed by atoms with Crippen LogP contribution in [-0.4, -0.2) is 34.1 Å². The molecule has 0 radical (unpaired) electrons. The minimum Gasteiger partial charge on any atom is -0.491 e. The van der Waals surface area contributed by atoms with Crippen LogP contribution in [0.3, 0.4) is 0 Å². The maximum absolute atomic E-state index is 12.6. The van der Waals surface area contributed by atoms with Crippen molar-refractivity contribution in [2.45, 2.75) is 0 Å². The van der Waals surface area contributed by atoms with Crippen molar-refractivity contribution in [3.63, 3.8) is 0 Å². The predicted octanol–water partition coefficient (Wildman–Crippen LogP) is 5.42. The fraction of sp³-hybridized carbons (Fsp3) is 0.0833. The van der Waals surface area contributed by atoms with Gasteiger partial charge < -0.3 is 4.74 Å². The summed E-state index contributed by atoms with van der Waals surface area (Å²) in [7, 11) is 0. The van der Waals surface area contributed by atoms with E-state index in [4.69, 9.17) is 4.74 Å². The molecule has 1 fully saturated rings. The third-order valence-corrected chi connectivity index (χ3v) is 5.76. The molecule has 1 aliphatic heterocycles. The van der Waals surface area contributed by atoms with Gasteiger partial charge in [-0.25, -0.2) is 0 Å². The standard InChI is InChI=1S/C24H18N2O5S/c27-23-22(10-3-5-17-11-13-19(14-12-17)26(29)30)32-24(28)25(23)15-16-31-21-9-4-7-18-6-1-2-8-20(18)21/h1-14H,15-16H2/b5-3+,22-10-. The van der Waals surface area contributed by atoms with Crippen molar-refractivity contribution < 1.29 is 19.2 Å². The summed E-state index contributed by atoms with van der Waals surface area (Å²) in [5.41, 5.74) is 0.753. The van der Waals surface area contributed by atoms with E-state index in [1.807, 2.05) is 42.5 Å². The Hall–Kier alpha value is -3.91. The number of fused-ring (bicyclic) bond motifs is 1. The molecule has 3 aromatic rings. The Labute approximate surface area is 188 Å². The van der Waals surface area contributed by atoms with Gasteiger partial charge in [0.1, 0.15) is 12.4 Å². The van der Waals surface area contributed by atoms with Crippen LogP contribution >= 0.6 is 11.8 Å². The highest BCUT2D eigenvalue weighted by Crippen LogP contribution is 2.31. The van der Waals surface area contributed by atoms with E-state index in [1.54, 1.807) is 30.4 Å². The number of hydrogen-bond acceptors (Lipinski definition) is 6. The number of hydrogen-bond donors (Lipinski definition) is 0. The molecule has 2 amide bonds. The molecule has 0 unspecified atom stereocenters. The molecule has 160 valence electrons. The zero-order valence-corrected chi connectivity index (χ0v) is 17.7. The first-order chi connectivity index (χ1) is 15.5. The van der Waals surface area contributed by atoms with Crippen molar-refractivity contribution in [3.05, 3.63) is 99.5 Å². The van der Waals surface area contributed by atoms with E-state index in [0.717, 1.165) is 28.1 Å². The van der Waals surface area contributed by atoms with Crippen molar-refractivity contribution in [2.24, 2.45) is 0 Å². The summed E-state index contributed by atoms with van der Waals surface area (Å²) in [4.78, 5) is 36.6. The summed E-state index contributed by atoms with van der Waals surface area (Å²) in [6.07, 6.45) is 4.92. The fourth-order valence-electron chi connectivity index (χ4n) is 3.23. The van der Waals surface area contributed by atoms with Gasteiger partial charge in [0.25, 0.3) is 16.8 Å². The number of rotatable bonds is 7. The summed E-state index contributed by atoms with van der Waals surface area (Å²) in [6.45, 7) is 0.343. The molecule has 0 aliphatic carbocycles. The molecule has 7 nitrogen and oxygen atoms in total. The first-order valence-corrected chi connectivity index (χ1v) is 10.6. The van der Waals surface area contributed by atoms with Gasteiger partial charge in [-0.1, -0.05) is 48.6 Å². The molecule has 0 bridgehead atoms. The van der Waals surface area contributed by atoms with E-state index in [0.29, 0.717) is 10.7 Å².